The van der Waals surface area contributed by atoms with Gasteiger partial charge in [-0.1, -0.05) is 6.07 Å². The first-order valence-corrected chi connectivity index (χ1v) is 9.62. The molecule has 0 radical (unpaired) electrons. The number of nitrogens with zero attached hydrogens (tertiary/aromatic N) is 3. The van der Waals surface area contributed by atoms with Gasteiger partial charge in [0.2, 0.25) is 5.91 Å². The number of aliphatic hydroxyl groups excluding tert-OH is 1. The van der Waals surface area contributed by atoms with Gasteiger partial charge in [-0.15, -0.1) is 0 Å². The van der Waals surface area contributed by atoms with E-state index in [4.69, 9.17) is 0 Å². The highest BCUT2D eigenvalue weighted by Crippen LogP contribution is 2.33. The Morgan fingerprint density at radius 3 is 2.76 bits per heavy atom. The molecule has 3 amide bonds. The molecule has 2 atom stereocenters. The Hall–Kier alpha value is -3.20. The summed E-state index contributed by atoms with van der Waals surface area (Å²) in [7, 11) is 0. The van der Waals surface area contributed by atoms with E-state index in [1.165, 1.54) is 0 Å². The van der Waals surface area contributed by atoms with Crippen molar-refractivity contribution in [2.75, 3.05) is 5.32 Å². The van der Waals surface area contributed by atoms with E-state index >= 15 is 0 Å². The lowest BCUT2D eigenvalue weighted by atomic mass is 10.0. The zero-order valence-corrected chi connectivity index (χ0v) is 16.3. The molecule has 2 aliphatic rings. The summed E-state index contributed by atoms with van der Waals surface area (Å²) < 4.78 is 1.85. The number of hydrogen-bond donors (Lipinski definition) is 3. The number of nitrogens with one attached hydrogen (secondary N) is 2. The minimum absolute atomic E-state index is 0.153. The minimum Gasteiger partial charge on any atom is -0.380 e. The van der Waals surface area contributed by atoms with Crippen molar-refractivity contribution in [3.63, 3.8) is 0 Å². The molecule has 0 spiro atoms. The highest BCUT2D eigenvalue weighted by Gasteiger charge is 2.45. The summed E-state index contributed by atoms with van der Waals surface area (Å²) in [5.41, 5.74) is 2.09. The number of aromatic nitrogens is 2. The summed E-state index contributed by atoms with van der Waals surface area (Å²) >= 11 is 0. The van der Waals surface area contributed by atoms with Crippen LogP contribution in [0.2, 0.25) is 0 Å². The number of fused-ring (bicyclic) bond motifs is 1. The quantitative estimate of drug-likeness (QED) is 0.654. The van der Waals surface area contributed by atoms with Gasteiger partial charge >= 0.3 is 0 Å². The van der Waals surface area contributed by atoms with Crippen LogP contribution in [-0.4, -0.2) is 49.8 Å². The van der Waals surface area contributed by atoms with Crippen molar-refractivity contribution in [1.82, 2.24) is 20.0 Å². The molecule has 0 bridgehead atoms. The molecule has 29 heavy (non-hydrogen) atoms. The van der Waals surface area contributed by atoms with Crippen LogP contribution >= 0.6 is 0 Å². The first kappa shape index (κ1) is 19.1. The zero-order valence-electron chi connectivity index (χ0n) is 16.3. The Balaban J connectivity index is 1.56. The maximum atomic E-state index is 13.1. The highest BCUT2D eigenvalue weighted by molar-refractivity contribution is 6.24. The fourth-order valence-corrected chi connectivity index (χ4v) is 3.74. The van der Waals surface area contributed by atoms with Gasteiger partial charge in [-0.05, 0) is 32.4 Å². The Kier molecular flexibility index (Phi) is 4.83. The van der Waals surface area contributed by atoms with Gasteiger partial charge in [0.25, 0.3) is 11.8 Å². The molecule has 0 saturated carbocycles. The Labute approximate surface area is 167 Å². The molecule has 2 unspecified atom stereocenters. The Morgan fingerprint density at radius 2 is 2.07 bits per heavy atom. The summed E-state index contributed by atoms with van der Waals surface area (Å²) in [6.45, 7) is 4.53. The summed E-state index contributed by atoms with van der Waals surface area (Å²) in [6, 6.07) is 4.54. The average molecular weight is 397 g/mol. The fraction of sp³-hybridized carbons (Fsp3) is 0.400. The number of carbonyl (C=O) groups is 3. The van der Waals surface area contributed by atoms with Crippen molar-refractivity contribution in [1.29, 1.82) is 0 Å². The molecule has 4 rings (SSSR count). The third-order valence-electron chi connectivity index (χ3n) is 5.29. The number of aliphatic hydroxyl groups is 1. The van der Waals surface area contributed by atoms with E-state index in [9.17, 15) is 19.5 Å². The molecule has 3 heterocycles. The van der Waals surface area contributed by atoms with Crippen LogP contribution in [-0.2, 0) is 11.3 Å². The number of piperidine rings is 1. The number of carbonyl (C=O) groups excluding carboxylic acids is 3. The molecule has 2 aromatic rings. The van der Waals surface area contributed by atoms with Crippen LogP contribution in [0, 0.1) is 0 Å². The maximum absolute atomic E-state index is 13.1. The fourth-order valence-electron chi connectivity index (χ4n) is 3.74. The average Bonchev–Trinajstić information content (AvgIpc) is 3.25. The van der Waals surface area contributed by atoms with Gasteiger partial charge in [0, 0.05) is 36.5 Å². The van der Waals surface area contributed by atoms with Crippen molar-refractivity contribution in [3.05, 3.63) is 47.3 Å². The molecule has 1 aromatic carbocycles. The molecule has 9 heteroatoms. The second kappa shape index (κ2) is 7.32. The van der Waals surface area contributed by atoms with E-state index in [2.05, 4.69) is 15.7 Å². The third kappa shape index (κ3) is 3.38. The van der Waals surface area contributed by atoms with Crippen LogP contribution in [0.4, 0.5) is 5.69 Å². The SMILES string of the molecule is CC(C)n1cc(CNc2cccc3c2C(=O)N(C2CCC(=O)NC2O)C3=O)cn1. The van der Waals surface area contributed by atoms with Gasteiger partial charge in [-0.3, -0.25) is 24.0 Å². The molecule has 1 aromatic heterocycles. The van der Waals surface area contributed by atoms with Gasteiger partial charge in [-0.25, -0.2) is 0 Å². The monoisotopic (exact) mass is 397 g/mol. The van der Waals surface area contributed by atoms with Crippen molar-refractivity contribution >= 4 is 23.4 Å². The molecule has 1 fully saturated rings. The van der Waals surface area contributed by atoms with Gasteiger partial charge in [0.1, 0.15) is 6.23 Å². The Bertz CT molecular complexity index is 983. The van der Waals surface area contributed by atoms with E-state index in [1.54, 1.807) is 24.4 Å². The van der Waals surface area contributed by atoms with E-state index in [-0.39, 0.29) is 30.4 Å². The van der Waals surface area contributed by atoms with Crippen molar-refractivity contribution in [2.24, 2.45) is 0 Å². The first-order chi connectivity index (χ1) is 13.9. The van der Waals surface area contributed by atoms with Crippen LogP contribution in [0.15, 0.2) is 30.6 Å². The third-order valence-corrected chi connectivity index (χ3v) is 5.29. The second-order valence-electron chi connectivity index (χ2n) is 7.60. The first-order valence-electron chi connectivity index (χ1n) is 9.62. The normalized spacial score (nSPS) is 21.5. The maximum Gasteiger partial charge on any atom is 0.264 e. The molecule has 9 nitrogen and oxygen atoms in total. The van der Waals surface area contributed by atoms with Crippen LogP contribution < -0.4 is 10.6 Å². The standard InChI is InChI=1S/C20H23N5O4/c1-11(2)24-10-12(9-22-24)8-21-14-5-3-4-13-17(14)20(29)25(19(13)28)15-6-7-16(26)23-18(15)27/h3-5,9-11,15,18,21,27H,6-8H2,1-2H3,(H,23,26). The lowest BCUT2D eigenvalue weighted by Gasteiger charge is -2.33. The van der Waals surface area contributed by atoms with E-state index in [0.29, 0.717) is 17.8 Å². The lowest BCUT2D eigenvalue weighted by Crippen LogP contribution is -2.57. The summed E-state index contributed by atoms with van der Waals surface area (Å²) in [4.78, 5) is 38.5. The van der Waals surface area contributed by atoms with E-state index in [1.807, 2.05) is 24.7 Å². The van der Waals surface area contributed by atoms with Crippen molar-refractivity contribution < 1.29 is 19.5 Å². The van der Waals surface area contributed by atoms with Crippen LogP contribution in [0.5, 0.6) is 0 Å². The smallest absolute Gasteiger partial charge is 0.264 e. The number of hydrogen-bond acceptors (Lipinski definition) is 6. The number of rotatable bonds is 5. The number of imide groups is 1. The molecule has 0 aliphatic carbocycles. The van der Waals surface area contributed by atoms with E-state index in [0.717, 1.165) is 10.5 Å². The largest absolute Gasteiger partial charge is 0.380 e. The molecule has 1 saturated heterocycles. The summed E-state index contributed by atoms with van der Waals surface area (Å²) in [5, 5.41) is 20.1. The predicted octanol–water partition coefficient (Wildman–Crippen LogP) is 1.27. The topological polar surface area (TPSA) is 117 Å². The molecular formula is C20H23N5O4. The van der Waals surface area contributed by atoms with Crippen molar-refractivity contribution in [2.45, 2.75) is 51.5 Å². The zero-order chi connectivity index (χ0) is 20.7. The number of anilines is 1. The van der Waals surface area contributed by atoms with Crippen LogP contribution in [0.1, 0.15) is 59.0 Å². The van der Waals surface area contributed by atoms with Gasteiger partial charge in [0.15, 0.2) is 0 Å². The van der Waals surface area contributed by atoms with E-state index < -0.39 is 24.1 Å². The molecule has 152 valence electrons. The highest BCUT2D eigenvalue weighted by atomic mass is 16.3. The molecular weight excluding hydrogens is 374 g/mol. The molecule has 3 N–H and O–H groups in total. The Morgan fingerprint density at radius 1 is 1.28 bits per heavy atom. The van der Waals surface area contributed by atoms with Gasteiger partial charge in [-0.2, -0.15) is 5.10 Å². The van der Waals surface area contributed by atoms with Gasteiger partial charge < -0.3 is 15.7 Å². The number of amides is 3. The molecule has 2 aliphatic heterocycles. The second-order valence-corrected chi connectivity index (χ2v) is 7.60. The van der Waals surface area contributed by atoms with Crippen LogP contribution in [0.3, 0.4) is 0 Å². The van der Waals surface area contributed by atoms with Gasteiger partial charge in [0.05, 0.1) is 23.4 Å². The summed E-state index contributed by atoms with van der Waals surface area (Å²) in [6.07, 6.45) is 2.81. The lowest BCUT2D eigenvalue weighted by molar-refractivity contribution is -0.129. The van der Waals surface area contributed by atoms with Crippen LogP contribution in [0.25, 0.3) is 0 Å². The minimum atomic E-state index is -1.27. The number of benzene rings is 1. The van der Waals surface area contributed by atoms with Crippen molar-refractivity contribution in [3.8, 4) is 0 Å². The summed E-state index contributed by atoms with van der Waals surface area (Å²) in [5.74, 6) is -1.22. The predicted molar refractivity (Wildman–Crippen MR) is 104 cm³/mol.